The molecule has 9 heteroatoms. The Hall–Kier alpha value is 3.51. The molecule has 0 N–H and O–H groups in total. The molecule has 0 rings (SSSR count). The summed E-state index contributed by atoms with van der Waals surface area (Å²) in [5.41, 5.74) is 0. The smallest absolute Gasteiger partial charge is 0.158 e. The van der Waals surface area contributed by atoms with Gasteiger partial charge in [-0.1, -0.05) is 0 Å². The Labute approximate surface area is 124 Å². The third kappa shape index (κ3) is 84.5. The van der Waals surface area contributed by atoms with Crippen molar-refractivity contribution in [3.05, 3.63) is 0 Å². The van der Waals surface area contributed by atoms with Gasteiger partial charge in [-0.05, 0) is 0 Å². The monoisotopic (exact) mass is 605 g/mol. The summed E-state index contributed by atoms with van der Waals surface area (Å²) < 4.78 is 9.39. The van der Waals surface area contributed by atoms with Crippen LogP contribution in [-0.2, 0) is 7.67 Å². The van der Waals surface area contributed by atoms with Gasteiger partial charge in [0.15, 0.2) is 7.67 Å². The van der Waals surface area contributed by atoms with Crippen LogP contribution < -0.4 is 0 Å². The van der Waals surface area contributed by atoms with E-state index in [2.05, 4.69) is 29.6 Å². The van der Waals surface area contributed by atoms with Crippen LogP contribution in [-0.4, -0.2) is 4.21 Å². The first-order valence-electron chi connectivity index (χ1n) is 0.475. The van der Waals surface area contributed by atoms with E-state index in [0.717, 1.165) is 0 Å². The summed E-state index contributed by atoms with van der Waals surface area (Å²) in [6, 6.07) is 0. The summed E-state index contributed by atoms with van der Waals surface area (Å²) in [5.74, 6) is 0. The number of rotatable bonds is 0. The molecule has 0 spiro atoms. The third-order valence-electron chi connectivity index (χ3n) is 0. The molecule has 0 aliphatic heterocycles. The lowest BCUT2D eigenvalue weighted by Crippen LogP contribution is -1.38. The molecule has 9 heavy (non-hydrogen) atoms. The van der Waals surface area contributed by atoms with E-state index in [4.69, 9.17) is 0 Å². The summed E-state index contributed by atoms with van der Waals surface area (Å²) in [5, 5.41) is 0. The maximum absolute atomic E-state index is 9.39. The van der Waals surface area contributed by atoms with E-state index in [1.54, 1.807) is 0 Å². The van der Waals surface area contributed by atoms with Gasteiger partial charge in [-0.25, -0.2) is 4.21 Å². The average molecular weight is 612 g/mol. The van der Waals surface area contributed by atoms with Crippen molar-refractivity contribution >= 4 is 122 Å². The van der Waals surface area contributed by atoms with Crippen molar-refractivity contribution in [3.8, 4) is 0 Å². The second kappa shape index (κ2) is 30.0. The van der Waals surface area contributed by atoms with E-state index in [-0.39, 0.29) is 84.9 Å². The van der Waals surface area contributed by atoms with Crippen LogP contribution in [0.1, 0.15) is 0 Å². The predicted molar refractivity (Wildman–Crippen MR) is 77.6 cm³/mol. The highest BCUT2D eigenvalue weighted by Gasteiger charge is 1.66. The molecule has 0 amide bonds. The van der Waals surface area contributed by atoms with Crippen LogP contribution in [0.5, 0.6) is 0 Å². The summed E-state index contributed by atoms with van der Waals surface area (Å²) in [7, 11) is -0.986. The van der Waals surface area contributed by atoms with Crippen LogP contribution in [0, 0.1) is 0 Å². The zero-order valence-corrected chi connectivity index (χ0v) is 16.2. The molecule has 1 nitrogen and oxygen atoms in total. The maximum Gasteiger partial charge on any atom is 0.158 e. The minimum absolute atomic E-state index is 0. The first kappa shape index (κ1) is 39.1. The molecule has 0 fully saturated rings. The Kier molecular flexibility index (Phi) is 130. The Morgan fingerprint density at radius 1 is 0.778 bits per heavy atom. The van der Waals surface area contributed by atoms with E-state index in [0.29, 0.717) is 0 Å². The van der Waals surface area contributed by atoms with E-state index < -0.39 is 7.67 Å². The van der Waals surface area contributed by atoms with Crippen molar-refractivity contribution in [2.45, 2.75) is 0 Å². The Balaban J connectivity index is -0.00000000450. The van der Waals surface area contributed by atoms with Gasteiger partial charge in [-0.3, -0.25) is 0 Å². The van der Waals surface area contributed by atoms with Gasteiger partial charge in [-0.2, -0.15) is 0 Å². The van der Waals surface area contributed by atoms with E-state index in [1.807, 2.05) is 0 Å². The topological polar surface area (TPSA) is 17.1 Å². The molecule has 0 aromatic rings. The molecule has 0 aromatic heterocycles. The fraction of sp³-hybridized carbons (Fsp3) is 0. The molecule has 0 aliphatic carbocycles. The highest BCUT2D eigenvalue weighted by molar-refractivity contribution is 9.78. The summed E-state index contributed by atoms with van der Waals surface area (Å²) in [6.07, 6.45) is 0. The Morgan fingerprint density at radius 2 is 0.778 bits per heavy atom. The quantitative estimate of drug-likeness (QED) is 0.375. The third-order valence-corrected chi connectivity index (χ3v) is 0. The lowest BCUT2D eigenvalue weighted by molar-refractivity contribution is 0.700. The van der Waals surface area contributed by atoms with Gasteiger partial charge in [0.1, 0.15) is 0 Å². The molecule has 0 unspecified atom stereocenters. The van der Waals surface area contributed by atoms with E-state index in [9.17, 15) is 4.21 Å². The van der Waals surface area contributed by atoms with Crippen molar-refractivity contribution in [1.29, 1.82) is 0 Å². The van der Waals surface area contributed by atoms with Gasteiger partial charge in [0.25, 0.3) is 0 Å². The molecule has 0 heterocycles. The largest absolute Gasteiger partial charge is 0.235 e. The molecule has 66 valence electrons. The van der Waals surface area contributed by atoms with Crippen LogP contribution in [0.25, 0.3) is 0 Å². The number of hydrogen-bond donors (Lipinski definition) is 0. The van der Waals surface area contributed by atoms with Crippen LogP contribution in [0.3, 0.4) is 0 Å². The van der Waals surface area contributed by atoms with E-state index in [1.165, 1.54) is 0 Å². The normalized spacial score (nSPS) is 3.89. The highest BCUT2D eigenvalue weighted by Crippen LogP contribution is 1.98. The van der Waals surface area contributed by atoms with Gasteiger partial charge in [0.05, 0.1) is 0 Å². The second-order valence-corrected chi connectivity index (χ2v) is 6.69. The zero-order valence-electron chi connectivity index (χ0n) is 3.61. The Morgan fingerprint density at radius 3 is 0.778 bits per heavy atom. The zero-order chi connectivity index (χ0) is 3.58. The standard InChI is InChI=1S/Br2OS.5BrH/c1-4(2)3;;;;;/h;5*1H. The lowest BCUT2D eigenvalue weighted by atomic mass is 16.0. The van der Waals surface area contributed by atoms with Crippen molar-refractivity contribution in [3.63, 3.8) is 0 Å². The van der Waals surface area contributed by atoms with E-state index >= 15 is 0 Å². The first-order chi connectivity index (χ1) is 1.73. The molecule has 0 radical (unpaired) electrons. The second-order valence-electron chi connectivity index (χ2n) is 0.184. The first-order valence-corrected chi connectivity index (χ1v) is 5.31. The highest BCUT2D eigenvalue weighted by atomic mass is 79.9. The minimum Gasteiger partial charge on any atom is -0.235 e. The molecular weight excluding hydrogens is 607 g/mol. The van der Waals surface area contributed by atoms with Gasteiger partial charge >= 0.3 is 0 Å². The predicted octanol–water partition coefficient (Wildman–Crippen LogP) is 4.24. The maximum atomic E-state index is 9.39. The molecule has 0 atom stereocenters. The SMILES string of the molecule is Br.Br.Br.Br.Br.O=S(Br)Br. The molecule has 0 bridgehead atoms. The summed E-state index contributed by atoms with van der Waals surface area (Å²) >= 11 is 5.32. The van der Waals surface area contributed by atoms with Gasteiger partial charge in [0.2, 0.25) is 0 Å². The fourth-order valence-corrected chi connectivity index (χ4v) is 0. The van der Waals surface area contributed by atoms with Crippen LogP contribution in [0.15, 0.2) is 0 Å². The summed E-state index contributed by atoms with van der Waals surface area (Å²) in [4.78, 5) is 0. The van der Waals surface area contributed by atoms with Crippen LogP contribution in [0.2, 0.25) is 0 Å². The van der Waals surface area contributed by atoms with Gasteiger partial charge in [-0.15, -0.1) is 84.9 Å². The van der Waals surface area contributed by atoms with Gasteiger partial charge < -0.3 is 0 Å². The average Bonchev–Trinajstić information content (AvgIpc) is 0.811. The molecule has 0 saturated heterocycles. The number of hydrogen-bond acceptors (Lipinski definition) is 1. The van der Waals surface area contributed by atoms with Crippen LogP contribution in [0.4, 0.5) is 0 Å². The fourth-order valence-electron chi connectivity index (χ4n) is 0. The number of halogens is 7. The summed E-state index contributed by atoms with van der Waals surface area (Å²) in [6.45, 7) is 0. The van der Waals surface area contributed by atoms with Crippen molar-refractivity contribution in [2.24, 2.45) is 0 Å². The van der Waals surface area contributed by atoms with Crippen molar-refractivity contribution < 1.29 is 4.21 Å². The van der Waals surface area contributed by atoms with Crippen molar-refractivity contribution in [2.75, 3.05) is 0 Å². The molecular formula is H5Br7OS. The molecule has 0 aliphatic rings. The lowest BCUT2D eigenvalue weighted by Gasteiger charge is -1.52. The van der Waals surface area contributed by atoms with Crippen molar-refractivity contribution in [1.82, 2.24) is 0 Å². The molecule has 0 aromatic carbocycles. The Bertz CT molecular complexity index is 31.9. The van der Waals surface area contributed by atoms with Crippen LogP contribution >= 0.6 is 115 Å². The molecule has 0 saturated carbocycles. The van der Waals surface area contributed by atoms with Gasteiger partial charge in [0, 0.05) is 29.6 Å². The minimum atomic E-state index is -0.986.